The van der Waals surface area contributed by atoms with Gasteiger partial charge in [0.25, 0.3) is 0 Å². The normalized spacial score (nSPS) is 11.8. The van der Waals surface area contributed by atoms with Gasteiger partial charge in [-0.2, -0.15) is 0 Å². The maximum atomic E-state index is 13.1. The zero-order valence-electron chi connectivity index (χ0n) is 14.8. The van der Waals surface area contributed by atoms with E-state index in [9.17, 15) is 12.8 Å². The molecular formula is C22H17ClFNO2S. The summed E-state index contributed by atoms with van der Waals surface area (Å²) in [5.74, 6) is -0.567. The summed E-state index contributed by atoms with van der Waals surface area (Å²) in [6, 6.07) is 20.4. The molecule has 0 amide bonds. The number of hydrogen-bond acceptors (Lipinski definition) is 2. The quantitative estimate of drug-likeness (QED) is 0.436. The number of hydrogen-bond donors (Lipinski definition) is 0. The van der Waals surface area contributed by atoms with Crippen molar-refractivity contribution in [2.24, 2.45) is 0 Å². The lowest BCUT2D eigenvalue weighted by molar-refractivity contribution is 0.595. The van der Waals surface area contributed by atoms with Crippen molar-refractivity contribution in [2.45, 2.75) is 17.2 Å². The van der Waals surface area contributed by atoms with E-state index in [2.05, 4.69) is 0 Å². The Hall–Kier alpha value is -2.63. The Morgan fingerprint density at radius 2 is 1.50 bits per heavy atom. The summed E-state index contributed by atoms with van der Waals surface area (Å²) in [5, 5.41) is 1.34. The van der Waals surface area contributed by atoms with E-state index in [0.717, 1.165) is 11.1 Å². The van der Waals surface area contributed by atoms with Crippen LogP contribution in [0, 0.1) is 5.82 Å². The first-order chi connectivity index (χ1) is 13.4. The molecule has 0 saturated carbocycles. The molecule has 142 valence electrons. The fourth-order valence-corrected chi connectivity index (χ4v) is 4.96. The molecule has 0 unspecified atom stereocenters. The minimum Gasteiger partial charge on any atom is -0.342 e. The van der Waals surface area contributed by atoms with Crippen LogP contribution in [0.4, 0.5) is 4.39 Å². The maximum Gasteiger partial charge on any atom is 0.184 e. The van der Waals surface area contributed by atoms with Gasteiger partial charge in [-0.15, -0.1) is 0 Å². The van der Waals surface area contributed by atoms with Gasteiger partial charge in [0.05, 0.1) is 10.6 Å². The van der Waals surface area contributed by atoms with Crippen molar-refractivity contribution >= 4 is 32.3 Å². The highest BCUT2D eigenvalue weighted by molar-refractivity contribution is 7.90. The number of benzene rings is 3. The Bertz CT molecular complexity index is 1230. The van der Waals surface area contributed by atoms with Gasteiger partial charge < -0.3 is 4.57 Å². The van der Waals surface area contributed by atoms with E-state index in [1.807, 2.05) is 53.1 Å². The van der Waals surface area contributed by atoms with Gasteiger partial charge in [0.15, 0.2) is 9.84 Å². The average molecular weight is 414 g/mol. The monoisotopic (exact) mass is 413 g/mol. The van der Waals surface area contributed by atoms with Gasteiger partial charge in [-0.1, -0.05) is 54.1 Å². The zero-order chi connectivity index (χ0) is 19.7. The molecule has 0 saturated heterocycles. The molecule has 0 bridgehead atoms. The summed E-state index contributed by atoms with van der Waals surface area (Å²) >= 11 is 5.95. The predicted molar refractivity (Wildman–Crippen MR) is 110 cm³/mol. The molecule has 0 aliphatic rings. The summed E-state index contributed by atoms with van der Waals surface area (Å²) in [4.78, 5) is 0.279. The Balaban J connectivity index is 1.74. The van der Waals surface area contributed by atoms with Gasteiger partial charge in [-0.3, -0.25) is 0 Å². The predicted octanol–water partition coefficient (Wildman–Crippen LogP) is 5.46. The molecule has 0 aliphatic heterocycles. The molecule has 28 heavy (non-hydrogen) atoms. The third kappa shape index (κ3) is 3.81. The summed E-state index contributed by atoms with van der Waals surface area (Å²) in [6.07, 6.45) is 1.68. The van der Waals surface area contributed by atoms with Crippen LogP contribution in [0.1, 0.15) is 11.1 Å². The average Bonchev–Trinajstić information content (AvgIpc) is 3.05. The van der Waals surface area contributed by atoms with E-state index in [1.165, 1.54) is 24.3 Å². The van der Waals surface area contributed by atoms with Crippen molar-refractivity contribution in [2.75, 3.05) is 0 Å². The van der Waals surface area contributed by atoms with E-state index in [-0.39, 0.29) is 16.5 Å². The molecular weight excluding hydrogens is 397 g/mol. The van der Waals surface area contributed by atoms with Crippen LogP contribution in [-0.4, -0.2) is 13.0 Å². The van der Waals surface area contributed by atoms with Gasteiger partial charge in [-0.25, -0.2) is 12.8 Å². The molecule has 4 rings (SSSR count). The summed E-state index contributed by atoms with van der Waals surface area (Å²) in [7, 11) is -3.60. The first-order valence-electron chi connectivity index (χ1n) is 8.72. The van der Waals surface area contributed by atoms with Crippen LogP contribution in [0.2, 0.25) is 5.02 Å². The van der Waals surface area contributed by atoms with Gasteiger partial charge in [0.1, 0.15) is 5.82 Å². The fourth-order valence-electron chi connectivity index (χ4n) is 3.26. The fraction of sp³-hybridized carbons (Fsp3) is 0.0909. The second kappa shape index (κ2) is 7.41. The molecule has 1 aromatic heterocycles. The van der Waals surface area contributed by atoms with Crippen LogP contribution in [0.5, 0.6) is 0 Å². The maximum absolute atomic E-state index is 13.1. The third-order valence-electron chi connectivity index (χ3n) is 4.62. The van der Waals surface area contributed by atoms with E-state index in [4.69, 9.17) is 11.6 Å². The highest BCUT2D eigenvalue weighted by Gasteiger charge is 2.21. The molecule has 6 heteroatoms. The van der Waals surface area contributed by atoms with Crippen LogP contribution in [-0.2, 0) is 22.1 Å². The van der Waals surface area contributed by atoms with Crippen molar-refractivity contribution in [1.29, 1.82) is 0 Å². The molecule has 0 spiro atoms. The van der Waals surface area contributed by atoms with Crippen molar-refractivity contribution in [3.63, 3.8) is 0 Å². The lowest BCUT2D eigenvalue weighted by Crippen LogP contribution is -2.05. The minimum atomic E-state index is -3.60. The highest BCUT2D eigenvalue weighted by Crippen LogP contribution is 2.29. The highest BCUT2D eigenvalue weighted by atomic mass is 35.5. The van der Waals surface area contributed by atoms with Gasteiger partial charge in [0.2, 0.25) is 0 Å². The second-order valence-electron chi connectivity index (χ2n) is 6.65. The first kappa shape index (κ1) is 18.7. The molecule has 0 atom stereocenters. The van der Waals surface area contributed by atoms with E-state index >= 15 is 0 Å². The molecule has 1 heterocycles. The summed E-state index contributed by atoms with van der Waals surface area (Å²) in [5.41, 5.74) is 2.42. The number of aromatic nitrogens is 1. The molecule has 3 aromatic carbocycles. The van der Waals surface area contributed by atoms with Crippen LogP contribution >= 0.6 is 11.6 Å². The van der Waals surface area contributed by atoms with Crippen LogP contribution < -0.4 is 0 Å². The van der Waals surface area contributed by atoms with Crippen molar-refractivity contribution in [1.82, 2.24) is 4.57 Å². The van der Waals surface area contributed by atoms with Gasteiger partial charge in [-0.05, 0) is 41.5 Å². The summed E-state index contributed by atoms with van der Waals surface area (Å²) < 4.78 is 41.2. The number of fused-ring (bicyclic) bond motifs is 1. The number of sulfone groups is 1. The third-order valence-corrected chi connectivity index (χ3v) is 6.58. The van der Waals surface area contributed by atoms with Crippen molar-refractivity contribution in [3.05, 3.63) is 101 Å². The topological polar surface area (TPSA) is 39.1 Å². The molecule has 0 fully saturated rings. The Morgan fingerprint density at radius 3 is 2.21 bits per heavy atom. The number of para-hydroxylation sites is 1. The standard InChI is InChI=1S/C22H17ClFNO2S/c23-18-9-5-16(6-10-18)13-25-14-22(20-3-1-2-4-21(20)25)28(26,27)15-17-7-11-19(24)12-8-17/h1-12,14H,13,15H2. The van der Waals surface area contributed by atoms with Crippen LogP contribution in [0.25, 0.3) is 10.9 Å². The Labute approximate surface area is 167 Å². The Kier molecular flexibility index (Phi) is 4.96. The molecule has 3 nitrogen and oxygen atoms in total. The lowest BCUT2D eigenvalue weighted by atomic mass is 10.2. The zero-order valence-corrected chi connectivity index (χ0v) is 16.4. The van der Waals surface area contributed by atoms with E-state index in [0.29, 0.717) is 22.5 Å². The van der Waals surface area contributed by atoms with Crippen LogP contribution in [0.15, 0.2) is 83.9 Å². The van der Waals surface area contributed by atoms with Crippen molar-refractivity contribution < 1.29 is 12.8 Å². The van der Waals surface area contributed by atoms with Gasteiger partial charge >= 0.3 is 0 Å². The van der Waals surface area contributed by atoms with E-state index in [1.54, 1.807) is 6.20 Å². The smallest absolute Gasteiger partial charge is 0.184 e. The lowest BCUT2D eigenvalue weighted by Gasteiger charge is -2.05. The van der Waals surface area contributed by atoms with Gasteiger partial charge in [0, 0.05) is 28.7 Å². The minimum absolute atomic E-state index is 0.178. The second-order valence-corrected chi connectivity index (χ2v) is 9.04. The van der Waals surface area contributed by atoms with E-state index < -0.39 is 9.84 Å². The number of halogens is 2. The first-order valence-corrected chi connectivity index (χ1v) is 10.7. The Morgan fingerprint density at radius 1 is 0.857 bits per heavy atom. The molecule has 0 N–H and O–H groups in total. The summed E-state index contributed by atoms with van der Waals surface area (Å²) in [6.45, 7) is 0.531. The SMILES string of the molecule is O=S(=O)(Cc1ccc(F)cc1)c1cn(Cc2ccc(Cl)cc2)c2ccccc12. The number of nitrogens with zero attached hydrogens (tertiary/aromatic N) is 1. The molecule has 0 aliphatic carbocycles. The largest absolute Gasteiger partial charge is 0.342 e. The van der Waals surface area contributed by atoms with Crippen LogP contribution in [0.3, 0.4) is 0 Å². The van der Waals surface area contributed by atoms with Crippen molar-refractivity contribution in [3.8, 4) is 0 Å². The molecule has 0 radical (unpaired) electrons. The number of rotatable bonds is 5. The molecule has 4 aromatic rings.